The first-order valence-corrected chi connectivity index (χ1v) is 7.67. The molecule has 0 unspecified atom stereocenters. The standard InChI is InChI=1S/C18H12Cl2N2O/c19-14-4-1-2-6-16(14)22-18(23)13-9-7-12(8-10-13)17-15(20)5-3-11-21-17/h1-11H,(H,22,23). The van der Waals surface area contributed by atoms with Crippen LogP contribution in [0.25, 0.3) is 11.3 Å². The van der Waals surface area contributed by atoms with Crippen molar-refractivity contribution in [2.45, 2.75) is 0 Å². The molecule has 1 N–H and O–H groups in total. The Balaban J connectivity index is 1.81. The average Bonchev–Trinajstić information content (AvgIpc) is 2.57. The Bertz CT molecular complexity index is 848. The topological polar surface area (TPSA) is 42.0 Å². The van der Waals surface area contributed by atoms with E-state index in [0.29, 0.717) is 27.0 Å². The predicted molar refractivity (Wildman–Crippen MR) is 94.1 cm³/mol. The van der Waals surface area contributed by atoms with Crippen molar-refractivity contribution in [2.75, 3.05) is 5.32 Å². The van der Waals surface area contributed by atoms with Crippen LogP contribution in [0, 0.1) is 0 Å². The summed E-state index contributed by atoms with van der Waals surface area (Å²) in [5.74, 6) is -0.225. The van der Waals surface area contributed by atoms with Gasteiger partial charge in [-0.1, -0.05) is 47.5 Å². The lowest BCUT2D eigenvalue weighted by molar-refractivity contribution is 0.102. The maximum Gasteiger partial charge on any atom is 0.255 e. The third-order valence-corrected chi connectivity index (χ3v) is 3.94. The van der Waals surface area contributed by atoms with Crippen molar-refractivity contribution < 1.29 is 4.79 Å². The lowest BCUT2D eigenvalue weighted by Crippen LogP contribution is -2.12. The van der Waals surface area contributed by atoms with Gasteiger partial charge >= 0.3 is 0 Å². The van der Waals surface area contributed by atoms with Crippen LogP contribution in [-0.4, -0.2) is 10.9 Å². The number of hydrogen-bond donors (Lipinski definition) is 1. The van der Waals surface area contributed by atoms with Crippen molar-refractivity contribution in [3.63, 3.8) is 0 Å². The normalized spacial score (nSPS) is 10.3. The van der Waals surface area contributed by atoms with Crippen LogP contribution >= 0.6 is 23.2 Å². The molecule has 3 nitrogen and oxygen atoms in total. The first-order valence-electron chi connectivity index (χ1n) is 6.92. The second-order valence-electron chi connectivity index (χ2n) is 4.85. The number of para-hydroxylation sites is 1. The van der Waals surface area contributed by atoms with E-state index in [1.165, 1.54) is 0 Å². The van der Waals surface area contributed by atoms with Crippen molar-refractivity contribution in [3.05, 3.63) is 82.5 Å². The zero-order valence-electron chi connectivity index (χ0n) is 12.0. The molecule has 3 rings (SSSR count). The van der Waals surface area contributed by atoms with Crippen molar-refractivity contribution >= 4 is 34.8 Å². The van der Waals surface area contributed by atoms with E-state index in [1.54, 1.807) is 42.6 Å². The molecule has 5 heteroatoms. The summed E-state index contributed by atoms with van der Waals surface area (Å²) < 4.78 is 0. The van der Waals surface area contributed by atoms with Gasteiger partial charge in [0.1, 0.15) is 0 Å². The van der Waals surface area contributed by atoms with Gasteiger partial charge in [0.05, 0.1) is 21.4 Å². The Hall–Kier alpha value is -2.36. The molecule has 2 aromatic carbocycles. The number of rotatable bonds is 3. The van der Waals surface area contributed by atoms with Crippen LogP contribution < -0.4 is 5.32 Å². The van der Waals surface area contributed by atoms with Gasteiger partial charge in [-0.15, -0.1) is 0 Å². The fourth-order valence-corrected chi connectivity index (χ4v) is 2.55. The molecule has 0 aliphatic heterocycles. The van der Waals surface area contributed by atoms with Crippen molar-refractivity contribution in [1.82, 2.24) is 4.98 Å². The number of pyridine rings is 1. The van der Waals surface area contributed by atoms with Crippen LogP contribution in [0.4, 0.5) is 5.69 Å². The van der Waals surface area contributed by atoms with E-state index in [2.05, 4.69) is 10.3 Å². The molecule has 0 radical (unpaired) electrons. The molecular formula is C18H12Cl2N2O. The summed E-state index contributed by atoms with van der Waals surface area (Å²) in [4.78, 5) is 16.5. The lowest BCUT2D eigenvalue weighted by atomic mass is 10.1. The summed E-state index contributed by atoms with van der Waals surface area (Å²) in [7, 11) is 0. The number of benzene rings is 2. The van der Waals surface area contributed by atoms with E-state index < -0.39 is 0 Å². The Morgan fingerprint density at radius 2 is 1.57 bits per heavy atom. The van der Waals surface area contributed by atoms with E-state index >= 15 is 0 Å². The highest BCUT2D eigenvalue weighted by Gasteiger charge is 2.09. The van der Waals surface area contributed by atoms with Gasteiger partial charge in [-0.2, -0.15) is 0 Å². The van der Waals surface area contributed by atoms with E-state index in [-0.39, 0.29) is 5.91 Å². The molecule has 1 aromatic heterocycles. The minimum absolute atomic E-state index is 0.225. The van der Waals surface area contributed by atoms with Crippen LogP contribution in [0.2, 0.25) is 10.0 Å². The van der Waals surface area contributed by atoms with E-state index in [0.717, 1.165) is 5.56 Å². The van der Waals surface area contributed by atoms with E-state index in [1.807, 2.05) is 24.3 Å². The highest BCUT2D eigenvalue weighted by molar-refractivity contribution is 6.34. The number of carbonyl (C=O) groups is 1. The molecule has 1 heterocycles. The van der Waals surface area contributed by atoms with Gasteiger partial charge < -0.3 is 5.32 Å². The fraction of sp³-hybridized carbons (Fsp3) is 0. The molecule has 1 amide bonds. The molecule has 23 heavy (non-hydrogen) atoms. The fourth-order valence-electron chi connectivity index (χ4n) is 2.13. The second-order valence-corrected chi connectivity index (χ2v) is 5.66. The maximum absolute atomic E-state index is 12.3. The Morgan fingerprint density at radius 1 is 0.870 bits per heavy atom. The number of anilines is 1. The Labute approximate surface area is 143 Å². The molecule has 0 spiro atoms. The molecule has 0 fully saturated rings. The van der Waals surface area contributed by atoms with Gasteiger partial charge in [0.25, 0.3) is 5.91 Å². The average molecular weight is 343 g/mol. The van der Waals surface area contributed by atoms with Crippen LogP contribution in [0.5, 0.6) is 0 Å². The van der Waals surface area contributed by atoms with Gasteiger partial charge in [0.15, 0.2) is 0 Å². The summed E-state index contributed by atoms with van der Waals surface area (Å²) in [5.41, 5.74) is 2.65. The van der Waals surface area contributed by atoms with Crippen LogP contribution in [0.3, 0.4) is 0 Å². The molecule has 0 aliphatic carbocycles. The first kappa shape index (κ1) is 15.5. The van der Waals surface area contributed by atoms with Crippen molar-refractivity contribution in [2.24, 2.45) is 0 Å². The molecule has 0 saturated carbocycles. The number of nitrogens with one attached hydrogen (secondary N) is 1. The summed E-state index contributed by atoms with van der Waals surface area (Å²) in [5, 5.41) is 3.85. The van der Waals surface area contributed by atoms with Crippen LogP contribution in [-0.2, 0) is 0 Å². The summed E-state index contributed by atoms with van der Waals surface area (Å²) in [6, 6.07) is 17.7. The number of halogens is 2. The Morgan fingerprint density at radius 3 is 2.26 bits per heavy atom. The predicted octanol–water partition coefficient (Wildman–Crippen LogP) is 5.31. The van der Waals surface area contributed by atoms with Crippen LogP contribution in [0.15, 0.2) is 66.9 Å². The minimum atomic E-state index is -0.225. The first-order chi connectivity index (χ1) is 11.1. The highest BCUT2D eigenvalue weighted by Crippen LogP contribution is 2.26. The zero-order chi connectivity index (χ0) is 16.2. The smallest absolute Gasteiger partial charge is 0.255 e. The molecule has 0 saturated heterocycles. The summed E-state index contributed by atoms with van der Waals surface area (Å²) in [6.45, 7) is 0. The molecule has 3 aromatic rings. The molecule has 0 aliphatic rings. The van der Waals surface area contributed by atoms with Gasteiger partial charge in [-0.25, -0.2) is 0 Å². The number of hydrogen-bond acceptors (Lipinski definition) is 2. The quantitative estimate of drug-likeness (QED) is 0.700. The van der Waals surface area contributed by atoms with Gasteiger partial charge in [-0.05, 0) is 36.4 Å². The van der Waals surface area contributed by atoms with Crippen molar-refractivity contribution in [3.8, 4) is 11.3 Å². The number of carbonyl (C=O) groups excluding carboxylic acids is 1. The molecule has 114 valence electrons. The zero-order valence-corrected chi connectivity index (χ0v) is 13.5. The lowest BCUT2D eigenvalue weighted by Gasteiger charge is -2.08. The molecule has 0 bridgehead atoms. The number of aromatic nitrogens is 1. The minimum Gasteiger partial charge on any atom is -0.321 e. The maximum atomic E-state index is 12.3. The summed E-state index contributed by atoms with van der Waals surface area (Å²) >= 11 is 12.2. The van der Waals surface area contributed by atoms with Crippen molar-refractivity contribution in [1.29, 1.82) is 0 Å². The van der Waals surface area contributed by atoms with Crippen LogP contribution in [0.1, 0.15) is 10.4 Å². The SMILES string of the molecule is O=C(Nc1ccccc1Cl)c1ccc(-c2ncccc2Cl)cc1. The second kappa shape index (κ2) is 6.82. The third-order valence-electron chi connectivity index (χ3n) is 3.30. The van der Waals surface area contributed by atoms with Gasteiger partial charge in [0, 0.05) is 17.3 Å². The molecular weight excluding hydrogens is 331 g/mol. The van der Waals surface area contributed by atoms with Gasteiger partial charge in [0.2, 0.25) is 0 Å². The number of nitrogens with zero attached hydrogens (tertiary/aromatic N) is 1. The highest BCUT2D eigenvalue weighted by atomic mass is 35.5. The molecule has 0 atom stereocenters. The van der Waals surface area contributed by atoms with Gasteiger partial charge in [-0.3, -0.25) is 9.78 Å². The number of amides is 1. The summed E-state index contributed by atoms with van der Waals surface area (Å²) in [6.07, 6.45) is 1.68. The van der Waals surface area contributed by atoms with E-state index in [9.17, 15) is 4.79 Å². The Kier molecular flexibility index (Phi) is 4.60. The third kappa shape index (κ3) is 3.52. The largest absolute Gasteiger partial charge is 0.321 e. The van der Waals surface area contributed by atoms with E-state index in [4.69, 9.17) is 23.2 Å². The monoisotopic (exact) mass is 342 g/mol.